The number of nitrogens with zero attached hydrogens (tertiary/aromatic N) is 2. The molecular weight excluding hydrogens is 412 g/mol. The van der Waals surface area contributed by atoms with Crippen LogP contribution in [0.4, 0.5) is 5.69 Å². The van der Waals surface area contributed by atoms with Crippen LogP contribution in [0.25, 0.3) is 0 Å². The van der Waals surface area contributed by atoms with Gasteiger partial charge < -0.3 is 4.90 Å². The number of fused-ring (bicyclic) bond motifs is 1. The number of carbonyl (C=O) groups is 1. The quantitative estimate of drug-likeness (QED) is 0.589. The molecule has 5 nitrogen and oxygen atoms in total. The lowest BCUT2D eigenvalue weighted by Gasteiger charge is -2.22. The van der Waals surface area contributed by atoms with Crippen LogP contribution in [0.3, 0.4) is 0 Å². The minimum Gasteiger partial charge on any atom is -0.312 e. The van der Waals surface area contributed by atoms with Gasteiger partial charge in [0.1, 0.15) is 0 Å². The predicted octanol–water partition coefficient (Wildman–Crippen LogP) is 4.11. The molecule has 2 aromatic heterocycles. The molecule has 4 rings (SSSR count). The summed E-state index contributed by atoms with van der Waals surface area (Å²) >= 11 is 3.10. The molecule has 1 aromatic carbocycles. The highest BCUT2D eigenvalue weighted by atomic mass is 32.2. The van der Waals surface area contributed by atoms with E-state index >= 15 is 0 Å². The Morgan fingerprint density at radius 2 is 1.71 bits per heavy atom. The minimum absolute atomic E-state index is 0.0219. The maximum atomic E-state index is 13.5. The first-order valence-corrected chi connectivity index (χ1v) is 12.1. The summed E-state index contributed by atoms with van der Waals surface area (Å²) in [6, 6.07) is 12.9. The molecule has 8 heteroatoms. The first-order chi connectivity index (χ1) is 13.4. The Morgan fingerprint density at radius 3 is 2.25 bits per heavy atom. The van der Waals surface area contributed by atoms with E-state index in [1.54, 1.807) is 45.8 Å². The SMILES string of the molecule is CC(=O)N1CCc2cc(S(=O)(=O)N(Cc3cccs3)Cc3cccs3)ccc21. The van der Waals surface area contributed by atoms with Gasteiger partial charge in [-0.25, -0.2) is 8.42 Å². The summed E-state index contributed by atoms with van der Waals surface area (Å²) in [5.74, 6) is -0.0219. The van der Waals surface area contributed by atoms with E-state index in [2.05, 4.69) is 0 Å². The average molecular weight is 433 g/mol. The summed E-state index contributed by atoms with van der Waals surface area (Å²) < 4.78 is 28.4. The molecule has 0 N–H and O–H groups in total. The number of thiophene rings is 2. The third kappa shape index (κ3) is 3.77. The Kier molecular flexibility index (Phi) is 5.37. The van der Waals surface area contributed by atoms with E-state index in [1.165, 1.54) is 11.2 Å². The number of sulfonamides is 1. The number of anilines is 1. The first kappa shape index (κ1) is 19.3. The zero-order valence-corrected chi connectivity index (χ0v) is 17.8. The summed E-state index contributed by atoms with van der Waals surface area (Å²) in [6.45, 7) is 2.81. The number of benzene rings is 1. The normalized spacial score (nSPS) is 13.9. The van der Waals surface area contributed by atoms with Gasteiger partial charge >= 0.3 is 0 Å². The van der Waals surface area contributed by atoms with Crippen molar-refractivity contribution in [2.45, 2.75) is 31.3 Å². The van der Waals surface area contributed by atoms with Gasteiger partial charge in [0.15, 0.2) is 0 Å². The minimum atomic E-state index is -3.67. The smallest absolute Gasteiger partial charge is 0.243 e. The van der Waals surface area contributed by atoms with Crippen LogP contribution in [0.1, 0.15) is 22.2 Å². The van der Waals surface area contributed by atoms with E-state index in [0.717, 1.165) is 21.0 Å². The molecule has 3 heterocycles. The number of amides is 1. The Morgan fingerprint density at radius 1 is 1.07 bits per heavy atom. The van der Waals surface area contributed by atoms with Gasteiger partial charge in [-0.2, -0.15) is 4.31 Å². The van der Waals surface area contributed by atoms with Gasteiger partial charge in [-0.15, -0.1) is 22.7 Å². The fourth-order valence-corrected chi connectivity index (χ4v) is 6.44. The Hall–Kier alpha value is -2.00. The maximum Gasteiger partial charge on any atom is 0.243 e. The van der Waals surface area contributed by atoms with Gasteiger partial charge in [0.05, 0.1) is 4.90 Å². The number of hydrogen-bond acceptors (Lipinski definition) is 5. The lowest BCUT2D eigenvalue weighted by molar-refractivity contribution is -0.116. The summed E-state index contributed by atoms with van der Waals surface area (Å²) in [4.78, 5) is 15.7. The van der Waals surface area contributed by atoms with Gasteiger partial charge in [-0.05, 0) is 53.1 Å². The van der Waals surface area contributed by atoms with Crippen molar-refractivity contribution in [2.24, 2.45) is 0 Å². The predicted molar refractivity (Wildman–Crippen MR) is 113 cm³/mol. The van der Waals surface area contributed by atoms with Crippen LogP contribution in [0.5, 0.6) is 0 Å². The zero-order valence-electron chi connectivity index (χ0n) is 15.4. The van der Waals surface area contributed by atoms with Crippen molar-refractivity contribution in [1.29, 1.82) is 0 Å². The highest BCUT2D eigenvalue weighted by Gasteiger charge is 2.29. The third-order valence-corrected chi connectivity index (χ3v) is 8.30. The monoisotopic (exact) mass is 432 g/mol. The van der Waals surface area contributed by atoms with Gasteiger partial charge in [0, 0.05) is 42.0 Å². The fourth-order valence-electron chi connectivity index (χ4n) is 3.39. The number of hydrogen-bond donors (Lipinski definition) is 0. The van der Waals surface area contributed by atoms with Crippen molar-refractivity contribution < 1.29 is 13.2 Å². The molecule has 0 saturated carbocycles. The fraction of sp³-hybridized carbons (Fsp3) is 0.250. The van der Waals surface area contributed by atoms with Crippen molar-refractivity contribution in [2.75, 3.05) is 11.4 Å². The highest BCUT2D eigenvalue weighted by molar-refractivity contribution is 7.89. The molecule has 0 aliphatic carbocycles. The molecule has 1 aliphatic rings. The molecule has 1 amide bonds. The second-order valence-corrected chi connectivity index (χ2v) is 10.6. The van der Waals surface area contributed by atoms with Crippen LogP contribution >= 0.6 is 22.7 Å². The van der Waals surface area contributed by atoms with Crippen LogP contribution in [0.2, 0.25) is 0 Å². The molecule has 0 bridgehead atoms. The van der Waals surface area contributed by atoms with E-state index in [0.29, 0.717) is 26.1 Å². The molecule has 0 fully saturated rings. The number of carbonyl (C=O) groups excluding carboxylic acids is 1. The van der Waals surface area contributed by atoms with Gasteiger partial charge in [-0.1, -0.05) is 12.1 Å². The van der Waals surface area contributed by atoms with Crippen LogP contribution in [0.15, 0.2) is 58.1 Å². The van der Waals surface area contributed by atoms with Crippen LogP contribution in [-0.2, 0) is 34.3 Å². The Balaban J connectivity index is 1.68. The average Bonchev–Trinajstić information content (AvgIpc) is 3.42. The van der Waals surface area contributed by atoms with E-state index in [-0.39, 0.29) is 10.8 Å². The number of rotatable bonds is 6. The van der Waals surface area contributed by atoms with Crippen molar-refractivity contribution in [3.05, 3.63) is 68.5 Å². The summed E-state index contributed by atoms with van der Waals surface area (Å²) in [6.07, 6.45) is 0.675. The molecule has 3 aromatic rings. The molecule has 0 atom stereocenters. The summed E-state index contributed by atoms with van der Waals surface area (Å²) in [5, 5.41) is 3.91. The first-order valence-electron chi connectivity index (χ1n) is 8.91. The molecule has 28 heavy (non-hydrogen) atoms. The van der Waals surface area contributed by atoms with E-state index in [9.17, 15) is 13.2 Å². The van der Waals surface area contributed by atoms with Crippen molar-refractivity contribution in [1.82, 2.24) is 4.31 Å². The highest BCUT2D eigenvalue weighted by Crippen LogP contribution is 2.32. The lowest BCUT2D eigenvalue weighted by atomic mass is 10.2. The van der Waals surface area contributed by atoms with E-state index < -0.39 is 10.0 Å². The topological polar surface area (TPSA) is 57.7 Å². The Labute approximate surface area is 172 Å². The zero-order chi connectivity index (χ0) is 19.7. The van der Waals surface area contributed by atoms with Crippen molar-refractivity contribution in [3.8, 4) is 0 Å². The second-order valence-electron chi connectivity index (χ2n) is 6.64. The third-order valence-electron chi connectivity index (χ3n) is 4.79. The molecule has 146 valence electrons. The van der Waals surface area contributed by atoms with Crippen LogP contribution in [-0.4, -0.2) is 25.2 Å². The van der Waals surface area contributed by atoms with Crippen LogP contribution < -0.4 is 4.90 Å². The second kappa shape index (κ2) is 7.79. The largest absolute Gasteiger partial charge is 0.312 e. The lowest BCUT2D eigenvalue weighted by Crippen LogP contribution is -2.30. The molecular formula is C20H20N2O3S3. The van der Waals surface area contributed by atoms with Crippen molar-refractivity contribution >= 4 is 44.3 Å². The molecule has 0 spiro atoms. The molecule has 0 saturated heterocycles. The summed E-state index contributed by atoms with van der Waals surface area (Å²) in [7, 11) is -3.67. The van der Waals surface area contributed by atoms with E-state index in [4.69, 9.17) is 0 Å². The van der Waals surface area contributed by atoms with Crippen molar-refractivity contribution in [3.63, 3.8) is 0 Å². The Bertz CT molecular complexity index is 1040. The van der Waals surface area contributed by atoms with Gasteiger partial charge in [-0.3, -0.25) is 4.79 Å². The van der Waals surface area contributed by atoms with Gasteiger partial charge in [0.25, 0.3) is 0 Å². The molecule has 0 radical (unpaired) electrons. The summed E-state index contributed by atoms with van der Waals surface area (Å²) in [5.41, 5.74) is 1.72. The standard InChI is InChI=1S/C20H20N2O3S3/c1-15(23)22-9-8-16-12-19(6-7-20(16)22)28(24,25)21(13-17-4-2-10-26-17)14-18-5-3-11-27-18/h2-7,10-12H,8-9,13-14H2,1H3. The van der Waals surface area contributed by atoms with E-state index in [1.807, 2.05) is 35.0 Å². The molecule has 0 unspecified atom stereocenters. The van der Waals surface area contributed by atoms with Gasteiger partial charge in [0.2, 0.25) is 15.9 Å². The van der Waals surface area contributed by atoms with Crippen LogP contribution in [0, 0.1) is 0 Å². The maximum absolute atomic E-state index is 13.5. The molecule has 1 aliphatic heterocycles.